The number of hydrogen-bond acceptors (Lipinski definition) is 3. The van der Waals surface area contributed by atoms with E-state index in [2.05, 4.69) is 0 Å². The highest BCUT2D eigenvalue weighted by molar-refractivity contribution is 5.87. The molecule has 0 saturated heterocycles. The zero-order valence-electron chi connectivity index (χ0n) is 11.3. The fourth-order valence-corrected chi connectivity index (χ4v) is 1.99. The van der Waals surface area contributed by atoms with Crippen LogP contribution in [-0.4, -0.2) is 22.8 Å². The zero-order chi connectivity index (χ0) is 14.7. The van der Waals surface area contributed by atoms with Crippen LogP contribution in [0.25, 0.3) is 0 Å². The molecule has 0 unspecified atom stereocenters. The van der Waals surface area contributed by atoms with Crippen LogP contribution in [0.5, 0.6) is 5.75 Å². The summed E-state index contributed by atoms with van der Waals surface area (Å²) < 4.78 is 6.71. The molecule has 2 aromatic rings. The number of ether oxygens (including phenoxy) is 1. The highest BCUT2D eigenvalue weighted by atomic mass is 16.5. The van der Waals surface area contributed by atoms with Crippen molar-refractivity contribution in [2.24, 2.45) is 0 Å². The van der Waals surface area contributed by atoms with Crippen molar-refractivity contribution in [1.29, 1.82) is 0 Å². The molecule has 1 heterocycles. The van der Waals surface area contributed by atoms with Gasteiger partial charge in [-0.25, -0.2) is 4.79 Å². The van der Waals surface area contributed by atoms with Crippen LogP contribution < -0.4 is 10.3 Å². The van der Waals surface area contributed by atoms with Gasteiger partial charge in [0.25, 0.3) is 5.56 Å². The molecular formula is C15H15NO4. The van der Waals surface area contributed by atoms with Crippen molar-refractivity contribution < 1.29 is 14.6 Å². The number of aryl methyl sites for hydroxylation is 1. The van der Waals surface area contributed by atoms with Gasteiger partial charge in [-0.05, 0) is 19.1 Å². The maximum Gasteiger partial charge on any atom is 0.335 e. The van der Waals surface area contributed by atoms with Crippen LogP contribution in [-0.2, 0) is 6.54 Å². The van der Waals surface area contributed by atoms with E-state index in [0.29, 0.717) is 12.3 Å². The van der Waals surface area contributed by atoms with Gasteiger partial charge in [0.05, 0.1) is 19.2 Å². The fourth-order valence-electron chi connectivity index (χ4n) is 1.99. The average Bonchev–Trinajstić information content (AvgIpc) is 2.41. The summed E-state index contributed by atoms with van der Waals surface area (Å²) in [5.41, 5.74) is 1.57. The average molecular weight is 273 g/mol. The van der Waals surface area contributed by atoms with Gasteiger partial charge in [0.1, 0.15) is 5.75 Å². The molecule has 0 aliphatic heterocycles. The molecular weight excluding hydrogens is 258 g/mol. The molecule has 2 rings (SSSR count). The van der Waals surface area contributed by atoms with Gasteiger partial charge < -0.3 is 14.4 Å². The minimum absolute atomic E-state index is 0.0116. The van der Waals surface area contributed by atoms with E-state index in [1.165, 1.54) is 16.8 Å². The number of carboxylic acid groups (broad SMARTS) is 1. The smallest absolute Gasteiger partial charge is 0.335 e. The second kappa shape index (κ2) is 5.61. The molecule has 104 valence electrons. The molecule has 0 aliphatic carbocycles. The first-order valence-corrected chi connectivity index (χ1v) is 6.08. The Labute approximate surface area is 116 Å². The number of rotatable bonds is 4. The van der Waals surface area contributed by atoms with Crippen molar-refractivity contribution in [3.8, 4) is 5.75 Å². The van der Waals surface area contributed by atoms with Crippen LogP contribution in [0, 0.1) is 6.92 Å². The Kier molecular flexibility index (Phi) is 3.89. The lowest BCUT2D eigenvalue weighted by atomic mass is 10.1. The molecule has 0 fully saturated rings. The number of nitrogens with zero attached hydrogens (tertiary/aromatic N) is 1. The van der Waals surface area contributed by atoms with Crippen LogP contribution in [0.3, 0.4) is 0 Å². The first kappa shape index (κ1) is 13.9. The van der Waals surface area contributed by atoms with Gasteiger partial charge in [-0.1, -0.05) is 17.7 Å². The summed E-state index contributed by atoms with van der Waals surface area (Å²) in [5, 5.41) is 8.84. The Hall–Kier alpha value is -2.56. The summed E-state index contributed by atoms with van der Waals surface area (Å²) in [4.78, 5) is 22.7. The quantitative estimate of drug-likeness (QED) is 0.924. The normalized spacial score (nSPS) is 10.3. The Bertz CT molecular complexity index is 703. The zero-order valence-corrected chi connectivity index (χ0v) is 11.3. The minimum Gasteiger partial charge on any atom is -0.496 e. The van der Waals surface area contributed by atoms with Gasteiger partial charge in [0.2, 0.25) is 0 Å². The van der Waals surface area contributed by atoms with Gasteiger partial charge >= 0.3 is 5.97 Å². The first-order valence-electron chi connectivity index (χ1n) is 6.08. The molecule has 5 heteroatoms. The number of aromatic nitrogens is 1. The van der Waals surface area contributed by atoms with Gasteiger partial charge in [0.15, 0.2) is 0 Å². The molecule has 0 radical (unpaired) electrons. The van der Waals surface area contributed by atoms with Crippen molar-refractivity contribution >= 4 is 5.97 Å². The Morgan fingerprint density at radius 3 is 2.65 bits per heavy atom. The third-order valence-electron chi connectivity index (χ3n) is 3.02. The SMILES string of the molecule is COc1ccc(C)cc1Cn1ccc(C(=O)O)cc1=O. The molecule has 0 saturated carbocycles. The molecule has 0 amide bonds. The van der Waals surface area contributed by atoms with Crippen molar-refractivity contribution in [1.82, 2.24) is 4.57 Å². The van der Waals surface area contributed by atoms with Crippen LogP contribution >= 0.6 is 0 Å². The van der Waals surface area contributed by atoms with Crippen molar-refractivity contribution in [2.45, 2.75) is 13.5 Å². The molecule has 0 atom stereocenters. The van der Waals surface area contributed by atoms with Crippen LogP contribution in [0.2, 0.25) is 0 Å². The van der Waals surface area contributed by atoms with Crippen LogP contribution in [0.4, 0.5) is 0 Å². The number of carboxylic acids is 1. The number of pyridine rings is 1. The Morgan fingerprint density at radius 1 is 1.30 bits per heavy atom. The maximum absolute atomic E-state index is 11.9. The number of carbonyl (C=O) groups is 1. The largest absolute Gasteiger partial charge is 0.496 e. The van der Waals surface area contributed by atoms with Crippen LogP contribution in [0.15, 0.2) is 41.3 Å². The molecule has 0 bridgehead atoms. The molecule has 1 N–H and O–H groups in total. The van der Waals surface area contributed by atoms with Gasteiger partial charge in [-0.3, -0.25) is 4.79 Å². The lowest BCUT2D eigenvalue weighted by Gasteiger charge is -2.11. The number of aromatic carboxylic acids is 1. The summed E-state index contributed by atoms with van der Waals surface area (Å²) in [7, 11) is 1.57. The maximum atomic E-state index is 11.9. The third kappa shape index (κ3) is 2.88. The lowest BCUT2D eigenvalue weighted by Crippen LogP contribution is -2.21. The van der Waals surface area contributed by atoms with Crippen molar-refractivity contribution in [2.75, 3.05) is 7.11 Å². The molecule has 1 aromatic carbocycles. The second-order valence-electron chi connectivity index (χ2n) is 4.50. The van der Waals surface area contributed by atoms with E-state index in [-0.39, 0.29) is 11.1 Å². The fraction of sp³-hybridized carbons (Fsp3) is 0.200. The van der Waals surface area contributed by atoms with Crippen molar-refractivity contribution in [3.63, 3.8) is 0 Å². The molecule has 20 heavy (non-hydrogen) atoms. The highest BCUT2D eigenvalue weighted by Crippen LogP contribution is 2.20. The number of hydrogen-bond donors (Lipinski definition) is 1. The van der Waals surface area contributed by atoms with Gasteiger partial charge in [-0.2, -0.15) is 0 Å². The van der Waals surface area contributed by atoms with E-state index in [1.807, 2.05) is 25.1 Å². The lowest BCUT2D eigenvalue weighted by molar-refractivity contribution is 0.0696. The summed E-state index contributed by atoms with van der Waals surface area (Å²) in [6, 6.07) is 8.24. The third-order valence-corrected chi connectivity index (χ3v) is 3.02. The highest BCUT2D eigenvalue weighted by Gasteiger charge is 2.08. The van der Waals surface area contributed by atoms with E-state index >= 15 is 0 Å². The Balaban J connectivity index is 2.38. The van der Waals surface area contributed by atoms with E-state index in [4.69, 9.17) is 9.84 Å². The van der Waals surface area contributed by atoms with Crippen LogP contribution in [0.1, 0.15) is 21.5 Å². The van der Waals surface area contributed by atoms with E-state index in [0.717, 1.165) is 17.2 Å². The number of methoxy groups -OCH3 is 1. The van der Waals surface area contributed by atoms with E-state index in [1.54, 1.807) is 7.11 Å². The van der Waals surface area contributed by atoms with E-state index < -0.39 is 5.97 Å². The van der Waals surface area contributed by atoms with Crippen molar-refractivity contribution in [3.05, 3.63) is 63.6 Å². The summed E-state index contributed by atoms with van der Waals surface area (Å²) in [5.74, 6) is -0.410. The molecule has 1 aromatic heterocycles. The monoisotopic (exact) mass is 273 g/mol. The van der Waals surface area contributed by atoms with Gasteiger partial charge in [-0.15, -0.1) is 0 Å². The summed E-state index contributed by atoms with van der Waals surface area (Å²) in [6.07, 6.45) is 1.48. The molecule has 5 nitrogen and oxygen atoms in total. The molecule has 0 spiro atoms. The topological polar surface area (TPSA) is 68.5 Å². The standard InChI is InChI=1S/C15H15NO4/c1-10-3-4-13(20-2)12(7-10)9-16-6-5-11(15(18)19)8-14(16)17/h3-8H,9H2,1-2H3,(H,18,19). The first-order chi connectivity index (χ1) is 9.51. The summed E-state index contributed by atoms with van der Waals surface area (Å²) in [6.45, 7) is 2.29. The van der Waals surface area contributed by atoms with E-state index in [9.17, 15) is 9.59 Å². The summed E-state index contributed by atoms with van der Waals surface area (Å²) >= 11 is 0. The predicted octanol–water partition coefficient (Wildman–Crippen LogP) is 1.91. The van der Waals surface area contributed by atoms with Gasteiger partial charge in [0, 0.05) is 17.8 Å². The predicted molar refractivity (Wildman–Crippen MR) is 74.5 cm³/mol. The second-order valence-corrected chi connectivity index (χ2v) is 4.50. The number of benzene rings is 1. The minimum atomic E-state index is -1.11. The molecule has 0 aliphatic rings. The Morgan fingerprint density at radius 2 is 2.05 bits per heavy atom.